The highest BCUT2D eigenvalue weighted by Crippen LogP contribution is 2.36. The van der Waals surface area contributed by atoms with E-state index in [4.69, 9.17) is 18.3 Å². The first kappa shape index (κ1) is 21.6. The summed E-state index contributed by atoms with van der Waals surface area (Å²) in [6, 6.07) is 15.6. The average Bonchev–Trinajstić information content (AvgIpc) is 3.63. The number of thioether (sulfide) groups is 1. The summed E-state index contributed by atoms with van der Waals surface area (Å²) in [6.07, 6.45) is 1.54. The Morgan fingerprint density at radius 2 is 1.88 bits per heavy atom. The van der Waals surface area contributed by atoms with E-state index < -0.39 is 0 Å². The third-order valence-corrected chi connectivity index (χ3v) is 5.62. The van der Waals surface area contributed by atoms with Crippen LogP contribution in [0.25, 0.3) is 11.5 Å². The van der Waals surface area contributed by atoms with Crippen LogP contribution in [-0.2, 0) is 11.3 Å². The number of amides is 2. The molecule has 0 fully saturated rings. The zero-order chi connectivity index (χ0) is 23.3. The van der Waals surface area contributed by atoms with E-state index in [9.17, 15) is 9.59 Å². The van der Waals surface area contributed by atoms with Crippen LogP contribution in [-0.4, -0.2) is 34.6 Å². The summed E-state index contributed by atoms with van der Waals surface area (Å²) < 4.78 is 21.5. The highest BCUT2D eigenvalue weighted by molar-refractivity contribution is 7.99. The Labute approximate surface area is 197 Å². The molecule has 3 heterocycles. The molecule has 0 radical (unpaired) electrons. The fraction of sp³-hybridized carbons (Fsp3) is 0.130. The smallest absolute Gasteiger partial charge is 0.277 e. The quantitative estimate of drug-likeness (QED) is 0.364. The van der Waals surface area contributed by atoms with E-state index in [1.165, 1.54) is 6.26 Å². The number of fused-ring (bicyclic) bond motifs is 1. The Kier molecular flexibility index (Phi) is 6.17. The molecular formula is C23H18N4O6S. The second-order valence-electron chi connectivity index (χ2n) is 7.09. The van der Waals surface area contributed by atoms with Crippen LogP contribution in [0.2, 0.25) is 0 Å². The Morgan fingerprint density at radius 1 is 1.00 bits per heavy atom. The number of nitrogens with one attached hydrogen (secondary N) is 2. The van der Waals surface area contributed by atoms with Crippen molar-refractivity contribution >= 4 is 29.3 Å². The van der Waals surface area contributed by atoms with E-state index in [1.807, 2.05) is 0 Å². The number of rotatable bonds is 8. The van der Waals surface area contributed by atoms with Crippen LogP contribution in [0.1, 0.15) is 16.1 Å². The molecule has 2 aromatic carbocycles. The third kappa shape index (κ3) is 4.89. The van der Waals surface area contributed by atoms with Gasteiger partial charge in [0, 0.05) is 5.56 Å². The van der Waals surface area contributed by atoms with Gasteiger partial charge in [0.05, 0.1) is 29.8 Å². The monoisotopic (exact) mass is 478 g/mol. The van der Waals surface area contributed by atoms with Crippen molar-refractivity contribution in [2.45, 2.75) is 11.8 Å². The third-order valence-electron chi connectivity index (χ3n) is 4.80. The van der Waals surface area contributed by atoms with Gasteiger partial charge in [-0.1, -0.05) is 23.9 Å². The lowest BCUT2D eigenvalue weighted by molar-refractivity contribution is -0.113. The molecule has 34 heavy (non-hydrogen) atoms. The number of benzene rings is 2. The van der Waals surface area contributed by atoms with Crippen molar-refractivity contribution in [3.63, 3.8) is 0 Å². The van der Waals surface area contributed by atoms with Gasteiger partial charge in [0.25, 0.3) is 11.1 Å². The van der Waals surface area contributed by atoms with E-state index >= 15 is 0 Å². The van der Waals surface area contributed by atoms with Crippen molar-refractivity contribution < 1.29 is 27.9 Å². The number of carbonyl (C=O) groups is 2. The van der Waals surface area contributed by atoms with Crippen LogP contribution in [0.15, 0.2) is 74.9 Å². The summed E-state index contributed by atoms with van der Waals surface area (Å²) in [6.45, 7) is 0.417. The number of para-hydroxylation sites is 1. The van der Waals surface area contributed by atoms with Gasteiger partial charge in [-0.05, 0) is 42.5 Å². The summed E-state index contributed by atoms with van der Waals surface area (Å²) >= 11 is 1.09. The van der Waals surface area contributed by atoms with Gasteiger partial charge in [-0.15, -0.1) is 10.2 Å². The highest BCUT2D eigenvalue weighted by atomic mass is 32.2. The van der Waals surface area contributed by atoms with Gasteiger partial charge in [0.2, 0.25) is 18.6 Å². The molecule has 4 aromatic rings. The van der Waals surface area contributed by atoms with Gasteiger partial charge in [0.1, 0.15) is 5.76 Å². The zero-order valence-corrected chi connectivity index (χ0v) is 18.5. The van der Waals surface area contributed by atoms with Crippen molar-refractivity contribution in [1.29, 1.82) is 0 Å². The fourth-order valence-electron chi connectivity index (χ4n) is 3.19. The molecule has 0 bridgehead atoms. The van der Waals surface area contributed by atoms with Crippen molar-refractivity contribution in [3.8, 4) is 23.0 Å². The first-order valence-corrected chi connectivity index (χ1v) is 11.2. The fourth-order valence-corrected chi connectivity index (χ4v) is 3.76. The second kappa shape index (κ2) is 9.71. The van der Waals surface area contributed by atoms with Gasteiger partial charge < -0.3 is 28.9 Å². The van der Waals surface area contributed by atoms with Gasteiger partial charge in [-0.25, -0.2) is 0 Å². The molecule has 10 nitrogen and oxygen atoms in total. The number of ether oxygens (including phenoxy) is 2. The average molecular weight is 478 g/mol. The molecular weight excluding hydrogens is 460 g/mol. The molecule has 0 aliphatic carbocycles. The number of furan rings is 1. The lowest BCUT2D eigenvalue weighted by atomic mass is 10.1. The van der Waals surface area contributed by atoms with Crippen LogP contribution in [0.5, 0.6) is 11.5 Å². The predicted molar refractivity (Wildman–Crippen MR) is 122 cm³/mol. The number of aromatic nitrogens is 2. The standard InChI is InChI=1S/C23H18N4O6S/c28-20(25-17-6-2-1-5-16(17)21(29)24-11-15-4-3-9-30-15)12-34-23-27-26-22(33-23)14-7-8-18-19(10-14)32-13-31-18/h1-10H,11-13H2,(H,24,29)(H,25,28). The molecule has 1 aliphatic rings. The molecule has 0 spiro atoms. The molecule has 0 atom stereocenters. The van der Waals surface area contributed by atoms with Crippen LogP contribution < -0.4 is 20.1 Å². The lowest BCUT2D eigenvalue weighted by Gasteiger charge is -2.10. The molecule has 172 valence electrons. The van der Waals surface area contributed by atoms with Crippen LogP contribution in [0.4, 0.5) is 5.69 Å². The van der Waals surface area contributed by atoms with Crippen LogP contribution >= 0.6 is 11.8 Å². The molecule has 2 aromatic heterocycles. The van der Waals surface area contributed by atoms with Crippen LogP contribution in [0.3, 0.4) is 0 Å². The minimum absolute atomic E-state index is 0.0190. The first-order chi connectivity index (χ1) is 16.7. The number of carbonyl (C=O) groups excluding carboxylic acids is 2. The maximum atomic E-state index is 12.6. The summed E-state index contributed by atoms with van der Waals surface area (Å²) in [5.41, 5.74) is 1.43. The van der Waals surface area contributed by atoms with E-state index in [0.29, 0.717) is 40.0 Å². The summed E-state index contributed by atoms with van der Waals surface area (Å²) in [7, 11) is 0. The molecule has 0 saturated carbocycles. The van der Waals surface area contributed by atoms with Crippen molar-refractivity contribution in [2.75, 3.05) is 17.9 Å². The molecule has 2 amide bonds. The number of nitrogens with zero attached hydrogens (tertiary/aromatic N) is 2. The number of hydrogen-bond acceptors (Lipinski definition) is 9. The second-order valence-corrected chi connectivity index (χ2v) is 8.01. The summed E-state index contributed by atoms with van der Waals surface area (Å²) in [5.74, 6) is 1.57. The first-order valence-electron chi connectivity index (χ1n) is 10.2. The van der Waals surface area contributed by atoms with Gasteiger partial charge >= 0.3 is 0 Å². The molecule has 2 N–H and O–H groups in total. The zero-order valence-electron chi connectivity index (χ0n) is 17.6. The topological polar surface area (TPSA) is 129 Å². The molecule has 0 unspecified atom stereocenters. The van der Waals surface area contributed by atoms with Crippen LogP contribution in [0, 0.1) is 0 Å². The predicted octanol–water partition coefficient (Wildman–Crippen LogP) is 3.72. The Balaban J connectivity index is 1.17. The lowest BCUT2D eigenvalue weighted by Crippen LogP contribution is -2.25. The van der Waals surface area contributed by atoms with E-state index in [0.717, 1.165) is 11.8 Å². The molecule has 11 heteroatoms. The minimum Gasteiger partial charge on any atom is -0.467 e. The highest BCUT2D eigenvalue weighted by Gasteiger charge is 2.18. The summed E-state index contributed by atoms with van der Waals surface area (Å²) in [5, 5.41) is 13.8. The van der Waals surface area contributed by atoms with Crippen molar-refractivity contribution in [3.05, 3.63) is 72.2 Å². The molecule has 1 aliphatic heterocycles. The maximum Gasteiger partial charge on any atom is 0.277 e. The van der Waals surface area contributed by atoms with Crippen molar-refractivity contribution in [2.24, 2.45) is 0 Å². The Hall–Kier alpha value is -4.25. The number of hydrogen-bond donors (Lipinski definition) is 2. The largest absolute Gasteiger partial charge is 0.467 e. The van der Waals surface area contributed by atoms with Gasteiger partial charge in [-0.3, -0.25) is 9.59 Å². The Morgan fingerprint density at radius 3 is 2.76 bits per heavy atom. The number of anilines is 1. The van der Waals surface area contributed by atoms with Gasteiger partial charge in [-0.2, -0.15) is 0 Å². The van der Waals surface area contributed by atoms with Crippen molar-refractivity contribution in [1.82, 2.24) is 15.5 Å². The summed E-state index contributed by atoms with van der Waals surface area (Å²) in [4.78, 5) is 25.1. The molecule has 0 saturated heterocycles. The van der Waals surface area contributed by atoms with Gasteiger partial charge in [0.15, 0.2) is 11.5 Å². The van der Waals surface area contributed by atoms with E-state index in [-0.39, 0.29) is 36.1 Å². The maximum absolute atomic E-state index is 12.6. The molecule has 5 rings (SSSR count). The Bertz CT molecular complexity index is 1320. The normalized spacial score (nSPS) is 11.9. The van der Waals surface area contributed by atoms with E-state index in [1.54, 1.807) is 54.6 Å². The van der Waals surface area contributed by atoms with E-state index in [2.05, 4.69) is 20.8 Å². The SMILES string of the molecule is O=C(CSc1nnc(-c2ccc3c(c2)OCO3)o1)Nc1ccccc1C(=O)NCc1ccco1. The minimum atomic E-state index is -0.328.